The summed E-state index contributed by atoms with van der Waals surface area (Å²) >= 11 is 5.19. The molecule has 0 amide bonds. The second-order valence-corrected chi connectivity index (χ2v) is 7.79. The van der Waals surface area contributed by atoms with Crippen molar-refractivity contribution in [3.63, 3.8) is 0 Å². The number of carbonyl (C=O) groups excluding carboxylic acids is 1. The zero-order chi connectivity index (χ0) is 12.0. The van der Waals surface area contributed by atoms with Gasteiger partial charge in [0.2, 0.25) is 0 Å². The summed E-state index contributed by atoms with van der Waals surface area (Å²) in [7, 11) is 0. The number of rotatable bonds is 7. The summed E-state index contributed by atoms with van der Waals surface area (Å²) in [6.45, 7) is 6.41. The molecule has 0 unspecified atom stereocenters. The Kier molecular flexibility index (Phi) is 6.54. The largest absolute Gasteiger partial charge is 0.292 e. The first-order valence-electron chi connectivity index (χ1n) is 5.51. The molecule has 0 radical (unpaired) electrons. The predicted octanol–water partition coefficient (Wildman–Crippen LogP) is 4.57. The smallest absolute Gasteiger partial charge is 0.182 e. The van der Waals surface area contributed by atoms with Gasteiger partial charge in [0.25, 0.3) is 0 Å². The molecule has 1 nitrogen and oxygen atoms in total. The van der Waals surface area contributed by atoms with Crippen molar-refractivity contribution >= 4 is 40.6 Å². The van der Waals surface area contributed by atoms with Gasteiger partial charge in [-0.25, -0.2) is 0 Å². The minimum absolute atomic E-state index is 0.270. The highest BCUT2D eigenvalue weighted by Gasteiger charge is 2.10. The summed E-state index contributed by atoms with van der Waals surface area (Å²) < 4.78 is 1.26. The van der Waals surface area contributed by atoms with Crippen LogP contribution in [-0.4, -0.2) is 22.5 Å². The Balaban J connectivity index is 2.46. The zero-order valence-corrected chi connectivity index (χ0v) is 12.4. The van der Waals surface area contributed by atoms with E-state index in [-0.39, 0.29) is 5.78 Å². The molecule has 0 spiro atoms. The van der Waals surface area contributed by atoms with E-state index in [1.165, 1.54) is 10.6 Å². The Hall–Kier alpha value is 0.0700. The average molecular weight is 274 g/mol. The van der Waals surface area contributed by atoms with Crippen LogP contribution in [0, 0.1) is 0 Å². The first-order chi connectivity index (χ1) is 7.63. The topological polar surface area (TPSA) is 17.1 Å². The van der Waals surface area contributed by atoms with E-state index in [9.17, 15) is 4.79 Å². The maximum atomic E-state index is 11.8. The molecule has 90 valence electrons. The van der Waals surface area contributed by atoms with Gasteiger partial charge in [-0.1, -0.05) is 20.8 Å². The maximum Gasteiger partial charge on any atom is 0.182 e. The molecule has 1 aromatic heterocycles. The van der Waals surface area contributed by atoms with E-state index in [4.69, 9.17) is 0 Å². The molecule has 0 aromatic carbocycles. The van der Waals surface area contributed by atoms with Crippen LogP contribution in [0.1, 0.15) is 36.9 Å². The Labute approximate surface area is 110 Å². The van der Waals surface area contributed by atoms with Crippen LogP contribution in [-0.2, 0) is 0 Å². The molecule has 4 heteroatoms. The lowest BCUT2D eigenvalue weighted by Crippen LogP contribution is -2.02. The number of thioether (sulfide) groups is 2. The maximum absolute atomic E-state index is 11.8. The number of hydrogen-bond donors (Lipinski definition) is 0. The standard InChI is InChI=1S/C12H18OS3/c1-4-7-14-12-6-5-11(16-12)10(13)8-15-9(2)3/h5-6,9H,4,7-8H2,1-3H3. The Bertz CT molecular complexity index is 331. The van der Waals surface area contributed by atoms with Gasteiger partial charge in [0, 0.05) is 0 Å². The normalized spacial score (nSPS) is 11.0. The van der Waals surface area contributed by atoms with Gasteiger partial charge in [0.15, 0.2) is 5.78 Å². The third-order valence-electron chi connectivity index (χ3n) is 1.85. The van der Waals surface area contributed by atoms with Crippen molar-refractivity contribution < 1.29 is 4.79 Å². The van der Waals surface area contributed by atoms with Crippen molar-refractivity contribution in [2.45, 2.75) is 36.7 Å². The molecule has 0 bridgehead atoms. The highest BCUT2D eigenvalue weighted by atomic mass is 32.2. The lowest BCUT2D eigenvalue weighted by Gasteiger charge is -2.01. The molecule has 0 aliphatic carbocycles. The van der Waals surface area contributed by atoms with Gasteiger partial charge >= 0.3 is 0 Å². The number of thiophene rings is 1. The second kappa shape index (κ2) is 7.41. The van der Waals surface area contributed by atoms with Gasteiger partial charge in [0.1, 0.15) is 0 Å². The first kappa shape index (κ1) is 14.1. The summed E-state index contributed by atoms with van der Waals surface area (Å²) in [6, 6.07) is 4.03. The molecule has 1 aromatic rings. The van der Waals surface area contributed by atoms with Gasteiger partial charge in [-0.3, -0.25) is 4.79 Å². The van der Waals surface area contributed by atoms with Crippen molar-refractivity contribution in [2.24, 2.45) is 0 Å². The molecule has 0 saturated heterocycles. The quantitative estimate of drug-likeness (QED) is 0.535. The summed E-state index contributed by atoms with van der Waals surface area (Å²) in [5.74, 6) is 2.01. The summed E-state index contributed by atoms with van der Waals surface area (Å²) in [5.41, 5.74) is 0. The monoisotopic (exact) mass is 274 g/mol. The number of carbonyl (C=O) groups is 1. The summed E-state index contributed by atoms with van der Waals surface area (Å²) in [4.78, 5) is 12.7. The van der Waals surface area contributed by atoms with Crippen molar-refractivity contribution in [3.05, 3.63) is 17.0 Å². The minimum atomic E-state index is 0.270. The van der Waals surface area contributed by atoms with Crippen molar-refractivity contribution in [2.75, 3.05) is 11.5 Å². The van der Waals surface area contributed by atoms with E-state index in [0.29, 0.717) is 11.0 Å². The zero-order valence-electron chi connectivity index (χ0n) is 9.99. The van der Waals surface area contributed by atoms with Gasteiger partial charge in [0.05, 0.1) is 14.8 Å². The van der Waals surface area contributed by atoms with Crippen molar-refractivity contribution in [3.8, 4) is 0 Å². The molecule has 0 atom stereocenters. The Morgan fingerprint density at radius 3 is 2.81 bits per heavy atom. The predicted molar refractivity (Wildman–Crippen MR) is 77.3 cm³/mol. The van der Waals surface area contributed by atoms with E-state index >= 15 is 0 Å². The fourth-order valence-corrected chi connectivity index (χ4v) is 3.79. The van der Waals surface area contributed by atoms with Gasteiger partial charge in [-0.05, 0) is 29.6 Å². The van der Waals surface area contributed by atoms with E-state index in [2.05, 4.69) is 26.8 Å². The molecule has 16 heavy (non-hydrogen) atoms. The van der Waals surface area contributed by atoms with E-state index < -0.39 is 0 Å². The van der Waals surface area contributed by atoms with Crippen LogP contribution in [0.5, 0.6) is 0 Å². The van der Waals surface area contributed by atoms with Crippen LogP contribution < -0.4 is 0 Å². The highest BCUT2D eigenvalue weighted by Crippen LogP contribution is 2.28. The minimum Gasteiger partial charge on any atom is -0.292 e. The number of Topliss-reactive ketones (excluding diaryl/α,β-unsaturated/α-hetero) is 1. The van der Waals surface area contributed by atoms with E-state index in [0.717, 1.165) is 10.6 Å². The SMILES string of the molecule is CCCSc1ccc(C(=O)CSC(C)C)s1. The lowest BCUT2D eigenvalue weighted by atomic mass is 10.4. The van der Waals surface area contributed by atoms with Crippen molar-refractivity contribution in [1.29, 1.82) is 0 Å². The fourth-order valence-electron chi connectivity index (χ4n) is 1.06. The second-order valence-electron chi connectivity index (χ2n) is 3.75. The molecule has 1 rings (SSSR count). The van der Waals surface area contributed by atoms with Crippen LogP contribution in [0.4, 0.5) is 0 Å². The molecule has 0 N–H and O–H groups in total. The summed E-state index contributed by atoms with van der Waals surface area (Å²) in [5, 5.41) is 0.526. The fraction of sp³-hybridized carbons (Fsp3) is 0.583. The highest BCUT2D eigenvalue weighted by molar-refractivity contribution is 8.01. The number of hydrogen-bond acceptors (Lipinski definition) is 4. The van der Waals surface area contributed by atoms with Crippen LogP contribution in [0.15, 0.2) is 16.3 Å². The molecular weight excluding hydrogens is 256 g/mol. The lowest BCUT2D eigenvalue weighted by molar-refractivity contribution is 0.102. The van der Waals surface area contributed by atoms with Gasteiger partial charge < -0.3 is 0 Å². The van der Waals surface area contributed by atoms with E-state index in [1.807, 2.05) is 17.8 Å². The molecule has 0 saturated carbocycles. The molecule has 0 fully saturated rings. The van der Waals surface area contributed by atoms with Crippen LogP contribution in [0.2, 0.25) is 0 Å². The summed E-state index contributed by atoms with van der Waals surface area (Å²) in [6.07, 6.45) is 1.18. The third kappa shape index (κ3) is 4.93. The molecule has 0 aliphatic rings. The Morgan fingerprint density at radius 2 is 2.19 bits per heavy atom. The molecule has 0 aliphatic heterocycles. The molecular formula is C12H18OS3. The Morgan fingerprint density at radius 1 is 1.44 bits per heavy atom. The van der Waals surface area contributed by atoms with Crippen LogP contribution in [0.3, 0.4) is 0 Å². The van der Waals surface area contributed by atoms with Gasteiger partial charge in [-0.2, -0.15) is 11.8 Å². The van der Waals surface area contributed by atoms with E-state index in [1.54, 1.807) is 23.1 Å². The average Bonchev–Trinajstić information content (AvgIpc) is 2.71. The van der Waals surface area contributed by atoms with Gasteiger partial charge in [-0.15, -0.1) is 23.1 Å². The number of ketones is 1. The van der Waals surface area contributed by atoms with Crippen LogP contribution in [0.25, 0.3) is 0 Å². The first-order valence-corrected chi connectivity index (χ1v) is 8.36. The van der Waals surface area contributed by atoms with Crippen molar-refractivity contribution in [1.82, 2.24) is 0 Å². The third-order valence-corrected chi connectivity index (χ3v) is 5.51. The van der Waals surface area contributed by atoms with Crippen LogP contribution >= 0.6 is 34.9 Å². The molecule has 1 heterocycles.